The molecule has 1 saturated heterocycles. The van der Waals surface area contributed by atoms with E-state index in [1.54, 1.807) is 30.3 Å². The minimum Gasteiger partial charge on any atom is -0.343 e. The molecule has 1 fully saturated rings. The molecule has 4 rings (SSSR count). The van der Waals surface area contributed by atoms with Crippen LogP contribution >= 0.6 is 0 Å². The SMILES string of the molecule is CC(C)C[C@H](NC(=O)c1ccc2ccccc2n1)C(=O)NC1CN(C(=O)c2ccccc2)CC1=O. The van der Waals surface area contributed by atoms with Crippen molar-refractivity contribution in [1.82, 2.24) is 20.5 Å². The predicted molar refractivity (Wildman–Crippen MR) is 132 cm³/mol. The second-order valence-corrected chi connectivity index (χ2v) is 9.12. The maximum atomic E-state index is 13.1. The van der Waals surface area contributed by atoms with Crippen LogP contribution in [0.4, 0.5) is 0 Å². The molecule has 180 valence electrons. The van der Waals surface area contributed by atoms with E-state index in [1.165, 1.54) is 4.90 Å². The van der Waals surface area contributed by atoms with Crippen LogP contribution in [0.2, 0.25) is 0 Å². The molecule has 8 heteroatoms. The molecule has 3 aromatic rings. The molecule has 2 atom stereocenters. The molecular weight excluding hydrogens is 444 g/mol. The maximum absolute atomic E-state index is 13.1. The number of ketones is 1. The normalized spacial score (nSPS) is 16.4. The molecule has 1 aromatic heterocycles. The summed E-state index contributed by atoms with van der Waals surface area (Å²) in [7, 11) is 0. The second-order valence-electron chi connectivity index (χ2n) is 9.12. The van der Waals surface area contributed by atoms with E-state index in [1.807, 2.05) is 50.2 Å². The molecule has 0 radical (unpaired) electrons. The number of likely N-dealkylation sites (tertiary alicyclic amines) is 1. The van der Waals surface area contributed by atoms with Gasteiger partial charge in [0.25, 0.3) is 11.8 Å². The summed E-state index contributed by atoms with van der Waals surface area (Å²) in [5, 5.41) is 6.42. The first-order valence-electron chi connectivity index (χ1n) is 11.7. The number of hydrogen-bond acceptors (Lipinski definition) is 5. The average Bonchev–Trinajstić information content (AvgIpc) is 3.22. The predicted octanol–water partition coefficient (Wildman–Crippen LogP) is 2.59. The smallest absolute Gasteiger partial charge is 0.270 e. The Balaban J connectivity index is 1.43. The number of aromatic nitrogens is 1. The van der Waals surface area contributed by atoms with Crippen molar-refractivity contribution in [2.24, 2.45) is 5.92 Å². The first kappa shape index (κ1) is 24.1. The Morgan fingerprint density at radius 2 is 1.71 bits per heavy atom. The molecule has 0 aliphatic carbocycles. The summed E-state index contributed by atoms with van der Waals surface area (Å²) in [6, 6.07) is 17.9. The zero-order valence-electron chi connectivity index (χ0n) is 19.7. The topological polar surface area (TPSA) is 108 Å². The third-order valence-electron chi connectivity index (χ3n) is 5.92. The minimum atomic E-state index is -0.845. The van der Waals surface area contributed by atoms with Crippen molar-refractivity contribution in [1.29, 1.82) is 0 Å². The molecule has 1 aliphatic heterocycles. The van der Waals surface area contributed by atoms with Crippen molar-refractivity contribution in [2.45, 2.75) is 32.4 Å². The van der Waals surface area contributed by atoms with Gasteiger partial charge in [0, 0.05) is 17.5 Å². The Kier molecular flexibility index (Phi) is 7.19. The number of rotatable bonds is 7. The van der Waals surface area contributed by atoms with Crippen molar-refractivity contribution >= 4 is 34.4 Å². The summed E-state index contributed by atoms with van der Waals surface area (Å²) in [6.45, 7) is 3.91. The van der Waals surface area contributed by atoms with E-state index in [9.17, 15) is 19.2 Å². The third-order valence-corrected chi connectivity index (χ3v) is 5.92. The zero-order valence-corrected chi connectivity index (χ0v) is 19.7. The lowest BCUT2D eigenvalue weighted by Gasteiger charge is -2.22. The Morgan fingerprint density at radius 1 is 1.00 bits per heavy atom. The van der Waals surface area contributed by atoms with Crippen LogP contribution in [0, 0.1) is 5.92 Å². The van der Waals surface area contributed by atoms with Gasteiger partial charge in [-0.3, -0.25) is 19.2 Å². The molecule has 3 amide bonds. The van der Waals surface area contributed by atoms with E-state index in [0.29, 0.717) is 17.5 Å². The van der Waals surface area contributed by atoms with E-state index in [0.717, 1.165) is 5.39 Å². The van der Waals surface area contributed by atoms with Crippen LogP contribution in [0.5, 0.6) is 0 Å². The van der Waals surface area contributed by atoms with Gasteiger partial charge < -0.3 is 15.5 Å². The van der Waals surface area contributed by atoms with E-state index in [2.05, 4.69) is 15.6 Å². The van der Waals surface area contributed by atoms with Crippen molar-refractivity contribution in [3.63, 3.8) is 0 Å². The van der Waals surface area contributed by atoms with Crippen LogP contribution in [-0.4, -0.2) is 58.6 Å². The summed E-state index contributed by atoms with van der Waals surface area (Å²) in [6.07, 6.45) is 0.388. The summed E-state index contributed by atoms with van der Waals surface area (Å²) >= 11 is 0. The first-order chi connectivity index (χ1) is 16.8. The fourth-order valence-electron chi connectivity index (χ4n) is 4.13. The summed E-state index contributed by atoms with van der Waals surface area (Å²) in [5.41, 5.74) is 1.38. The van der Waals surface area contributed by atoms with Gasteiger partial charge in [-0.05, 0) is 36.6 Å². The molecule has 1 aliphatic rings. The van der Waals surface area contributed by atoms with Crippen LogP contribution in [0.25, 0.3) is 10.9 Å². The third kappa shape index (κ3) is 5.71. The summed E-state index contributed by atoms with van der Waals surface area (Å²) in [4.78, 5) is 57.1. The number of para-hydroxylation sites is 1. The quantitative estimate of drug-likeness (QED) is 0.550. The number of pyridine rings is 1. The van der Waals surface area contributed by atoms with E-state index in [-0.39, 0.29) is 36.4 Å². The van der Waals surface area contributed by atoms with Gasteiger partial charge in [-0.1, -0.05) is 56.3 Å². The molecule has 0 bridgehead atoms. The van der Waals surface area contributed by atoms with Gasteiger partial charge in [-0.2, -0.15) is 0 Å². The summed E-state index contributed by atoms with van der Waals surface area (Å²) in [5.74, 6) is -1.31. The average molecular weight is 473 g/mol. The van der Waals surface area contributed by atoms with Crippen LogP contribution < -0.4 is 10.6 Å². The van der Waals surface area contributed by atoms with Gasteiger partial charge in [0.2, 0.25) is 5.91 Å². The number of benzene rings is 2. The van der Waals surface area contributed by atoms with Crippen LogP contribution in [-0.2, 0) is 9.59 Å². The number of nitrogens with one attached hydrogen (secondary N) is 2. The number of fused-ring (bicyclic) bond motifs is 1. The van der Waals surface area contributed by atoms with Crippen molar-refractivity contribution in [3.05, 3.63) is 78.0 Å². The highest BCUT2D eigenvalue weighted by molar-refractivity contribution is 6.02. The molecule has 2 heterocycles. The minimum absolute atomic E-state index is 0.0686. The Morgan fingerprint density at radius 3 is 2.46 bits per heavy atom. The van der Waals surface area contributed by atoms with Crippen molar-refractivity contribution in [3.8, 4) is 0 Å². The lowest BCUT2D eigenvalue weighted by atomic mass is 10.0. The monoisotopic (exact) mass is 472 g/mol. The molecule has 8 nitrogen and oxygen atoms in total. The Labute approximate surface area is 203 Å². The molecule has 0 saturated carbocycles. The Bertz CT molecular complexity index is 1260. The number of hydrogen-bond donors (Lipinski definition) is 2. The first-order valence-corrected chi connectivity index (χ1v) is 11.7. The molecular formula is C27H28N4O4. The van der Waals surface area contributed by atoms with Gasteiger partial charge in [-0.25, -0.2) is 4.98 Å². The lowest BCUT2D eigenvalue weighted by Crippen LogP contribution is -2.52. The standard InChI is InChI=1S/C27H28N4O4/c1-17(2)14-22(29-25(33)21-13-12-18-8-6-7-11-20(18)28-21)26(34)30-23-15-31(16-24(23)32)27(35)19-9-4-3-5-10-19/h3-13,17,22-23H,14-16H2,1-2H3,(H,29,33)(H,30,34)/t22-,23?/m0/s1. The number of Topliss-reactive ketones (excluding diaryl/α,β-unsaturated/α-hetero) is 1. The fourth-order valence-corrected chi connectivity index (χ4v) is 4.13. The van der Waals surface area contributed by atoms with Crippen LogP contribution in [0.3, 0.4) is 0 Å². The summed E-state index contributed by atoms with van der Waals surface area (Å²) < 4.78 is 0. The van der Waals surface area contributed by atoms with E-state index >= 15 is 0 Å². The maximum Gasteiger partial charge on any atom is 0.270 e. The van der Waals surface area contributed by atoms with Gasteiger partial charge >= 0.3 is 0 Å². The zero-order chi connectivity index (χ0) is 24.9. The molecule has 2 N–H and O–H groups in total. The van der Waals surface area contributed by atoms with Gasteiger partial charge in [0.05, 0.1) is 12.1 Å². The van der Waals surface area contributed by atoms with Crippen molar-refractivity contribution in [2.75, 3.05) is 13.1 Å². The fraction of sp³-hybridized carbons (Fsp3) is 0.296. The number of nitrogens with zero attached hydrogens (tertiary/aromatic N) is 2. The highest BCUT2D eigenvalue weighted by Crippen LogP contribution is 2.15. The van der Waals surface area contributed by atoms with E-state index in [4.69, 9.17) is 0 Å². The largest absolute Gasteiger partial charge is 0.343 e. The highest BCUT2D eigenvalue weighted by atomic mass is 16.2. The van der Waals surface area contributed by atoms with Gasteiger partial charge in [0.15, 0.2) is 5.78 Å². The number of carbonyl (C=O) groups excluding carboxylic acids is 4. The highest BCUT2D eigenvalue weighted by Gasteiger charge is 2.36. The second kappa shape index (κ2) is 10.5. The number of amides is 3. The van der Waals surface area contributed by atoms with Gasteiger partial charge in [0.1, 0.15) is 17.8 Å². The number of carbonyl (C=O) groups is 4. The lowest BCUT2D eigenvalue weighted by molar-refractivity contribution is -0.127. The molecule has 35 heavy (non-hydrogen) atoms. The van der Waals surface area contributed by atoms with Crippen molar-refractivity contribution < 1.29 is 19.2 Å². The molecule has 0 spiro atoms. The Hall–Kier alpha value is -4.07. The van der Waals surface area contributed by atoms with E-state index < -0.39 is 23.9 Å². The van der Waals surface area contributed by atoms with Crippen LogP contribution in [0.15, 0.2) is 66.7 Å². The van der Waals surface area contributed by atoms with Crippen LogP contribution in [0.1, 0.15) is 41.1 Å². The molecule has 2 aromatic carbocycles. The molecule has 1 unspecified atom stereocenters. The van der Waals surface area contributed by atoms with Gasteiger partial charge in [-0.15, -0.1) is 0 Å².